The van der Waals surface area contributed by atoms with Crippen molar-refractivity contribution in [1.29, 1.82) is 0 Å². The Kier molecular flexibility index (Phi) is 5.25. The van der Waals surface area contributed by atoms with E-state index < -0.39 is 0 Å². The zero-order valence-corrected chi connectivity index (χ0v) is 14.1. The molecule has 22 heavy (non-hydrogen) atoms. The highest BCUT2D eigenvalue weighted by Gasteiger charge is 2.34. The number of piperazine rings is 1. The minimum Gasteiger partial charge on any atom is -0.340 e. The van der Waals surface area contributed by atoms with Crippen molar-refractivity contribution in [2.45, 2.75) is 18.9 Å². The molecule has 7 heteroatoms. The van der Waals surface area contributed by atoms with Gasteiger partial charge in [0.05, 0.1) is 11.9 Å². The van der Waals surface area contributed by atoms with Crippen molar-refractivity contribution in [1.82, 2.24) is 20.0 Å². The molecular formula is C15H26N4O2S. The van der Waals surface area contributed by atoms with Crippen LogP contribution in [0.15, 0.2) is 0 Å². The summed E-state index contributed by atoms with van der Waals surface area (Å²) in [6, 6.07) is -0.0796. The Morgan fingerprint density at radius 3 is 2.59 bits per heavy atom. The minimum absolute atomic E-state index is 0.0796. The number of amides is 2. The van der Waals surface area contributed by atoms with Crippen LogP contribution in [0.4, 0.5) is 0 Å². The maximum atomic E-state index is 12.4. The van der Waals surface area contributed by atoms with Crippen LogP contribution in [0.3, 0.4) is 0 Å². The van der Waals surface area contributed by atoms with Gasteiger partial charge in [0.1, 0.15) is 0 Å². The summed E-state index contributed by atoms with van der Waals surface area (Å²) in [5.41, 5.74) is 0. The maximum Gasteiger partial charge on any atom is 0.240 e. The van der Waals surface area contributed by atoms with Gasteiger partial charge in [-0.15, -0.1) is 11.8 Å². The van der Waals surface area contributed by atoms with Crippen LogP contribution in [0.25, 0.3) is 0 Å². The molecule has 0 aromatic rings. The maximum absolute atomic E-state index is 12.4. The fourth-order valence-electron chi connectivity index (χ4n) is 3.39. The fraction of sp³-hybridized carbons (Fsp3) is 0.867. The molecule has 1 unspecified atom stereocenters. The quantitative estimate of drug-likeness (QED) is 0.769. The molecule has 1 N–H and O–H groups in total. The molecule has 6 nitrogen and oxygen atoms in total. The van der Waals surface area contributed by atoms with Gasteiger partial charge in [-0.05, 0) is 25.9 Å². The van der Waals surface area contributed by atoms with Gasteiger partial charge in [0.25, 0.3) is 0 Å². The first-order valence-corrected chi connectivity index (χ1v) is 9.35. The molecule has 3 fully saturated rings. The van der Waals surface area contributed by atoms with Gasteiger partial charge >= 0.3 is 0 Å². The Morgan fingerprint density at radius 1 is 1.14 bits per heavy atom. The van der Waals surface area contributed by atoms with Crippen LogP contribution in [0, 0.1) is 5.92 Å². The highest BCUT2D eigenvalue weighted by molar-refractivity contribution is 7.99. The third-order valence-electron chi connectivity index (χ3n) is 4.90. The lowest BCUT2D eigenvalue weighted by molar-refractivity contribution is -0.134. The second kappa shape index (κ2) is 7.19. The molecule has 3 aliphatic heterocycles. The van der Waals surface area contributed by atoms with Crippen molar-refractivity contribution in [2.75, 3.05) is 57.9 Å². The van der Waals surface area contributed by atoms with Gasteiger partial charge in [0, 0.05) is 44.9 Å². The summed E-state index contributed by atoms with van der Waals surface area (Å²) in [5, 5.41) is 3.32. The molecule has 3 saturated heterocycles. The summed E-state index contributed by atoms with van der Waals surface area (Å²) in [6.07, 6.45) is 1.38. The van der Waals surface area contributed by atoms with E-state index in [1.54, 1.807) is 0 Å². The largest absolute Gasteiger partial charge is 0.340 e. The minimum atomic E-state index is -0.0796. The van der Waals surface area contributed by atoms with E-state index in [9.17, 15) is 9.59 Å². The van der Waals surface area contributed by atoms with Crippen LogP contribution in [-0.2, 0) is 9.59 Å². The highest BCUT2D eigenvalue weighted by atomic mass is 32.2. The molecule has 124 valence electrons. The van der Waals surface area contributed by atoms with Gasteiger partial charge in [-0.3, -0.25) is 9.59 Å². The van der Waals surface area contributed by atoms with E-state index in [1.165, 1.54) is 0 Å². The molecule has 2 atom stereocenters. The summed E-state index contributed by atoms with van der Waals surface area (Å²) in [4.78, 5) is 30.9. The lowest BCUT2D eigenvalue weighted by Gasteiger charge is -2.33. The second-order valence-corrected chi connectivity index (χ2v) is 7.66. The van der Waals surface area contributed by atoms with Crippen LogP contribution in [0.1, 0.15) is 12.8 Å². The van der Waals surface area contributed by atoms with E-state index in [0.717, 1.165) is 57.3 Å². The van der Waals surface area contributed by atoms with E-state index in [4.69, 9.17) is 0 Å². The van der Waals surface area contributed by atoms with E-state index in [-0.39, 0.29) is 17.9 Å². The van der Waals surface area contributed by atoms with E-state index in [1.807, 2.05) is 21.6 Å². The summed E-state index contributed by atoms with van der Waals surface area (Å²) in [5.74, 6) is 2.65. The number of carbonyl (C=O) groups is 2. The number of hydrogen-bond acceptors (Lipinski definition) is 5. The number of rotatable bonds is 3. The van der Waals surface area contributed by atoms with Crippen molar-refractivity contribution in [3.8, 4) is 0 Å². The van der Waals surface area contributed by atoms with Gasteiger partial charge in [0.2, 0.25) is 11.8 Å². The molecule has 0 aliphatic carbocycles. The number of nitrogens with zero attached hydrogens (tertiary/aromatic N) is 3. The van der Waals surface area contributed by atoms with E-state index in [2.05, 4.69) is 17.3 Å². The Morgan fingerprint density at radius 2 is 1.91 bits per heavy atom. The van der Waals surface area contributed by atoms with Crippen LogP contribution in [0.2, 0.25) is 0 Å². The number of likely N-dealkylation sites (N-methyl/N-ethyl adjacent to an activating group) is 1. The van der Waals surface area contributed by atoms with Crippen LogP contribution in [0.5, 0.6) is 0 Å². The first-order valence-electron chi connectivity index (χ1n) is 8.19. The Labute approximate surface area is 136 Å². The second-order valence-electron chi connectivity index (χ2n) is 6.59. The molecule has 0 spiro atoms. The number of carbonyl (C=O) groups excluding carboxylic acids is 2. The normalized spacial score (nSPS) is 30.0. The Hall–Kier alpha value is -0.790. The van der Waals surface area contributed by atoms with Crippen molar-refractivity contribution in [3.63, 3.8) is 0 Å². The first-order chi connectivity index (χ1) is 10.6. The topological polar surface area (TPSA) is 55.9 Å². The van der Waals surface area contributed by atoms with Crippen molar-refractivity contribution >= 4 is 23.6 Å². The van der Waals surface area contributed by atoms with E-state index in [0.29, 0.717) is 12.3 Å². The molecule has 0 saturated carbocycles. The lowest BCUT2D eigenvalue weighted by atomic mass is 10.00. The molecular weight excluding hydrogens is 300 g/mol. The standard InChI is InChI=1S/C15H26N4O2S/c1-17-2-4-18(5-3-17)14(20)9-12-8-13(16-10-12)15(21)19-6-7-22-11-19/h12-13,16H,2-11H2,1H3/t12?,13-/m0/s1. The molecule has 3 rings (SSSR count). The monoisotopic (exact) mass is 326 g/mol. The summed E-state index contributed by atoms with van der Waals surface area (Å²) in [6.45, 7) is 5.25. The predicted molar refractivity (Wildman–Crippen MR) is 87.6 cm³/mol. The Balaban J connectivity index is 1.44. The SMILES string of the molecule is CN1CCN(C(=O)CC2CN[C@H](C(=O)N3CCSC3)C2)CC1. The van der Waals surface area contributed by atoms with Crippen molar-refractivity contribution in [2.24, 2.45) is 5.92 Å². The van der Waals surface area contributed by atoms with Gasteiger partial charge < -0.3 is 20.0 Å². The number of thioether (sulfide) groups is 1. The highest BCUT2D eigenvalue weighted by Crippen LogP contribution is 2.23. The lowest BCUT2D eigenvalue weighted by Crippen LogP contribution is -2.47. The molecule has 0 aromatic carbocycles. The zero-order valence-electron chi connectivity index (χ0n) is 13.3. The third kappa shape index (κ3) is 3.75. The first kappa shape index (κ1) is 16.1. The number of nitrogens with one attached hydrogen (secondary N) is 1. The molecule has 0 radical (unpaired) electrons. The molecule has 3 aliphatic rings. The molecule has 3 heterocycles. The number of hydrogen-bond donors (Lipinski definition) is 1. The average Bonchev–Trinajstić information content (AvgIpc) is 3.19. The van der Waals surface area contributed by atoms with Gasteiger partial charge in [-0.1, -0.05) is 0 Å². The average molecular weight is 326 g/mol. The van der Waals surface area contributed by atoms with Crippen LogP contribution < -0.4 is 5.32 Å². The van der Waals surface area contributed by atoms with E-state index >= 15 is 0 Å². The molecule has 2 amide bonds. The summed E-state index contributed by atoms with van der Waals surface area (Å²) in [7, 11) is 2.09. The van der Waals surface area contributed by atoms with Crippen LogP contribution in [-0.4, -0.2) is 90.5 Å². The Bertz CT molecular complexity index is 420. The zero-order chi connectivity index (χ0) is 15.5. The van der Waals surface area contributed by atoms with Crippen molar-refractivity contribution < 1.29 is 9.59 Å². The molecule has 0 bridgehead atoms. The van der Waals surface area contributed by atoms with Gasteiger partial charge in [0.15, 0.2) is 0 Å². The van der Waals surface area contributed by atoms with Crippen molar-refractivity contribution in [3.05, 3.63) is 0 Å². The predicted octanol–water partition coefficient (Wildman–Crippen LogP) is -0.338. The van der Waals surface area contributed by atoms with Gasteiger partial charge in [-0.25, -0.2) is 0 Å². The summed E-state index contributed by atoms with van der Waals surface area (Å²) >= 11 is 1.81. The van der Waals surface area contributed by atoms with Gasteiger partial charge in [-0.2, -0.15) is 0 Å². The summed E-state index contributed by atoms with van der Waals surface area (Å²) < 4.78 is 0. The fourth-order valence-corrected chi connectivity index (χ4v) is 4.35. The smallest absolute Gasteiger partial charge is 0.240 e. The molecule has 0 aromatic heterocycles. The van der Waals surface area contributed by atoms with Crippen LogP contribution >= 0.6 is 11.8 Å². The third-order valence-corrected chi connectivity index (χ3v) is 5.87.